The van der Waals surface area contributed by atoms with Gasteiger partial charge in [0.25, 0.3) is 0 Å². The Balaban J connectivity index is 3.78. The molecule has 5 heteroatoms. The van der Waals surface area contributed by atoms with Crippen molar-refractivity contribution in [3.05, 3.63) is 0 Å². The fourth-order valence-electron chi connectivity index (χ4n) is 1.19. The molecule has 0 rings (SSSR count). The molecule has 0 aliphatic rings. The number of thioether (sulfide) groups is 1. The van der Waals surface area contributed by atoms with Gasteiger partial charge in [-0.2, -0.15) is 11.8 Å². The van der Waals surface area contributed by atoms with Gasteiger partial charge in [-0.1, -0.05) is 0 Å². The van der Waals surface area contributed by atoms with Crippen molar-refractivity contribution in [3.8, 4) is 0 Å². The molecule has 0 aromatic carbocycles. The van der Waals surface area contributed by atoms with E-state index < -0.39 is 0 Å². The van der Waals surface area contributed by atoms with E-state index in [0.717, 1.165) is 0 Å². The number of aliphatic hydroxyl groups is 1. The average Bonchev–Trinajstić information content (AvgIpc) is 2.15. The summed E-state index contributed by atoms with van der Waals surface area (Å²) in [7, 11) is 0. The topological polar surface area (TPSA) is 61.4 Å². The number of hydrogen-bond acceptors (Lipinski definition) is 4. The number of amides is 1. The Labute approximate surface area is 96.2 Å². The fourth-order valence-corrected chi connectivity index (χ4v) is 1.85. The highest BCUT2D eigenvalue weighted by Gasteiger charge is 2.15. The van der Waals surface area contributed by atoms with Crippen molar-refractivity contribution in [3.63, 3.8) is 0 Å². The van der Waals surface area contributed by atoms with Crippen LogP contribution < -0.4 is 10.6 Å². The van der Waals surface area contributed by atoms with Crippen LogP contribution in [0.15, 0.2) is 0 Å². The molecule has 90 valence electrons. The van der Waals surface area contributed by atoms with E-state index in [2.05, 4.69) is 10.6 Å². The predicted molar refractivity (Wildman–Crippen MR) is 65.1 cm³/mol. The van der Waals surface area contributed by atoms with E-state index in [9.17, 15) is 4.79 Å². The molecule has 0 spiro atoms. The summed E-state index contributed by atoms with van der Waals surface area (Å²) >= 11 is 1.60. The van der Waals surface area contributed by atoms with Crippen LogP contribution >= 0.6 is 11.8 Å². The zero-order chi connectivity index (χ0) is 11.8. The van der Waals surface area contributed by atoms with Gasteiger partial charge in [0.2, 0.25) is 5.91 Å². The molecule has 0 saturated carbocycles. The van der Waals surface area contributed by atoms with E-state index in [1.165, 1.54) is 0 Å². The van der Waals surface area contributed by atoms with E-state index in [-0.39, 0.29) is 29.8 Å². The lowest BCUT2D eigenvalue weighted by Gasteiger charge is -2.21. The molecule has 0 bridgehead atoms. The summed E-state index contributed by atoms with van der Waals surface area (Å²) in [6.07, 6.45) is 1.95. The van der Waals surface area contributed by atoms with Gasteiger partial charge in [-0.3, -0.25) is 4.79 Å². The van der Waals surface area contributed by atoms with Crippen molar-refractivity contribution in [2.24, 2.45) is 0 Å². The Morgan fingerprint density at radius 1 is 1.40 bits per heavy atom. The van der Waals surface area contributed by atoms with E-state index in [1.807, 2.05) is 27.0 Å². The third kappa shape index (κ3) is 6.76. The van der Waals surface area contributed by atoms with Gasteiger partial charge >= 0.3 is 0 Å². The Bertz CT molecular complexity index is 184. The Morgan fingerprint density at radius 3 is 2.40 bits per heavy atom. The summed E-state index contributed by atoms with van der Waals surface area (Å²) in [5, 5.41) is 15.1. The van der Waals surface area contributed by atoms with E-state index >= 15 is 0 Å². The van der Waals surface area contributed by atoms with Crippen LogP contribution in [0.25, 0.3) is 0 Å². The normalized spacial score (nSPS) is 15.1. The van der Waals surface area contributed by atoms with Crippen molar-refractivity contribution >= 4 is 17.7 Å². The molecule has 0 heterocycles. The van der Waals surface area contributed by atoms with Gasteiger partial charge < -0.3 is 15.7 Å². The Hall–Kier alpha value is -0.260. The summed E-state index contributed by atoms with van der Waals surface area (Å²) < 4.78 is 0. The number of aliphatic hydroxyl groups excluding tert-OH is 1. The van der Waals surface area contributed by atoms with Crippen molar-refractivity contribution < 1.29 is 9.90 Å². The molecular formula is C10H22N2O2S. The summed E-state index contributed by atoms with van der Waals surface area (Å²) in [4.78, 5) is 11.3. The first-order valence-corrected chi connectivity index (χ1v) is 6.46. The van der Waals surface area contributed by atoms with Gasteiger partial charge in [-0.05, 0) is 27.0 Å². The highest BCUT2D eigenvalue weighted by atomic mass is 32.2. The van der Waals surface area contributed by atoms with Crippen LogP contribution in [0.5, 0.6) is 0 Å². The summed E-state index contributed by atoms with van der Waals surface area (Å²) in [5.41, 5.74) is 0. The summed E-state index contributed by atoms with van der Waals surface area (Å²) in [5.74, 6) is -0.00496. The van der Waals surface area contributed by atoms with Crippen molar-refractivity contribution in [2.45, 2.75) is 38.1 Å². The molecule has 0 aromatic heterocycles. The molecule has 15 heavy (non-hydrogen) atoms. The highest BCUT2D eigenvalue weighted by Crippen LogP contribution is 2.09. The number of rotatable bonds is 7. The largest absolute Gasteiger partial charge is 0.395 e. The molecule has 2 unspecified atom stereocenters. The monoisotopic (exact) mass is 234 g/mol. The first-order chi connectivity index (χ1) is 7.01. The molecule has 0 aliphatic carbocycles. The maximum atomic E-state index is 11.3. The van der Waals surface area contributed by atoms with Crippen LogP contribution in [0, 0.1) is 0 Å². The lowest BCUT2D eigenvalue weighted by molar-refractivity contribution is -0.120. The van der Waals surface area contributed by atoms with Gasteiger partial charge in [0, 0.05) is 17.3 Å². The first-order valence-electron chi connectivity index (χ1n) is 5.17. The lowest BCUT2D eigenvalue weighted by Crippen LogP contribution is -2.44. The maximum Gasteiger partial charge on any atom is 0.234 e. The second-order valence-electron chi connectivity index (χ2n) is 3.85. The van der Waals surface area contributed by atoms with Crippen LogP contribution in [-0.4, -0.2) is 47.8 Å². The summed E-state index contributed by atoms with van der Waals surface area (Å²) in [6.45, 7) is 6.26. The third-order valence-electron chi connectivity index (χ3n) is 2.07. The number of nitrogens with one attached hydrogen (secondary N) is 2. The van der Waals surface area contributed by atoms with Crippen LogP contribution in [0.1, 0.15) is 20.8 Å². The van der Waals surface area contributed by atoms with E-state index in [0.29, 0.717) is 6.54 Å². The van der Waals surface area contributed by atoms with E-state index in [4.69, 9.17) is 5.11 Å². The second-order valence-corrected chi connectivity index (χ2v) is 4.93. The Kier molecular flexibility index (Phi) is 7.82. The zero-order valence-electron chi connectivity index (χ0n) is 9.91. The second kappa shape index (κ2) is 7.96. The molecule has 2 atom stereocenters. The summed E-state index contributed by atoms with van der Waals surface area (Å²) in [6, 6.07) is 0.298. The smallest absolute Gasteiger partial charge is 0.234 e. The maximum absolute atomic E-state index is 11.3. The van der Waals surface area contributed by atoms with Crippen LogP contribution in [0.2, 0.25) is 0 Å². The minimum Gasteiger partial charge on any atom is -0.395 e. The average molecular weight is 234 g/mol. The molecule has 4 nitrogen and oxygen atoms in total. The van der Waals surface area contributed by atoms with Gasteiger partial charge in [-0.25, -0.2) is 0 Å². The molecule has 0 fully saturated rings. The standard InChI is InChI=1S/C10H22N2O2S/c1-7(2)12-10(14)5-11-8(3)9(6-13)15-4/h7-9,11,13H,5-6H2,1-4H3,(H,12,14). The lowest BCUT2D eigenvalue weighted by atomic mass is 10.2. The molecular weight excluding hydrogens is 212 g/mol. The zero-order valence-corrected chi connectivity index (χ0v) is 10.7. The van der Waals surface area contributed by atoms with Crippen LogP contribution in [0.4, 0.5) is 0 Å². The van der Waals surface area contributed by atoms with Gasteiger partial charge in [0.1, 0.15) is 0 Å². The van der Waals surface area contributed by atoms with Crippen LogP contribution in [-0.2, 0) is 4.79 Å². The molecule has 0 radical (unpaired) electrons. The highest BCUT2D eigenvalue weighted by molar-refractivity contribution is 7.99. The number of hydrogen-bond donors (Lipinski definition) is 3. The molecule has 0 aromatic rings. The minimum absolute atomic E-state index is 0.00496. The van der Waals surface area contributed by atoms with Crippen molar-refractivity contribution in [1.29, 1.82) is 0 Å². The van der Waals surface area contributed by atoms with Gasteiger partial charge in [0.05, 0.1) is 13.2 Å². The van der Waals surface area contributed by atoms with Crippen molar-refractivity contribution in [2.75, 3.05) is 19.4 Å². The number of carbonyl (C=O) groups excluding carboxylic acids is 1. The first kappa shape index (κ1) is 14.7. The van der Waals surface area contributed by atoms with Crippen LogP contribution in [0.3, 0.4) is 0 Å². The Morgan fingerprint density at radius 2 is 2.00 bits per heavy atom. The molecule has 3 N–H and O–H groups in total. The third-order valence-corrected chi connectivity index (χ3v) is 3.24. The predicted octanol–water partition coefficient (Wildman–Crippen LogP) is 0.213. The van der Waals surface area contributed by atoms with Gasteiger partial charge in [-0.15, -0.1) is 0 Å². The van der Waals surface area contributed by atoms with Crippen molar-refractivity contribution in [1.82, 2.24) is 10.6 Å². The molecule has 0 aliphatic heterocycles. The fraction of sp³-hybridized carbons (Fsp3) is 0.900. The SMILES string of the molecule is CSC(CO)C(C)NCC(=O)NC(C)C. The van der Waals surface area contributed by atoms with E-state index in [1.54, 1.807) is 11.8 Å². The quantitative estimate of drug-likeness (QED) is 0.589. The minimum atomic E-state index is -0.00496. The van der Waals surface area contributed by atoms with Gasteiger partial charge in [0.15, 0.2) is 0 Å². The number of carbonyl (C=O) groups is 1. The molecule has 1 amide bonds. The molecule has 0 saturated heterocycles.